The Balaban J connectivity index is 2.59. The lowest BCUT2D eigenvalue weighted by atomic mass is 9.77. The molecule has 0 spiro atoms. The lowest BCUT2D eigenvalue weighted by molar-refractivity contribution is -0.125. The fraction of sp³-hybridized carbons (Fsp3) is 0.929. The topological polar surface area (TPSA) is 29.1 Å². The summed E-state index contributed by atoms with van der Waals surface area (Å²) in [6, 6.07) is 0. The van der Waals surface area contributed by atoms with Crippen LogP contribution in [0.25, 0.3) is 0 Å². The van der Waals surface area contributed by atoms with E-state index in [2.05, 4.69) is 48.9 Å². The van der Waals surface area contributed by atoms with E-state index in [1.165, 1.54) is 12.8 Å². The number of alkyl halides is 1. The van der Waals surface area contributed by atoms with E-state index in [-0.39, 0.29) is 16.9 Å². The lowest BCUT2D eigenvalue weighted by Crippen LogP contribution is -2.53. The van der Waals surface area contributed by atoms with Crippen molar-refractivity contribution in [1.29, 1.82) is 0 Å². The highest BCUT2D eigenvalue weighted by Crippen LogP contribution is 2.34. The average Bonchev–Trinajstić information content (AvgIpc) is 2.14. The molecule has 17 heavy (non-hydrogen) atoms. The lowest BCUT2D eigenvalue weighted by Gasteiger charge is -2.40. The monoisotopic (exact) mass is 303 g/mol. The highest BCUT2D eigenvalue weighted by atomic mass is 79.9. The van der Waals surface area contributed by atoms with Crippen LogP contribution in [0.1, 0.15) is 59.8 Å². The van der Waals surface area contributed by atoms with Crippen LogP contribution in [-0.2, 0) is 4.79 Å². The molecule has 1 amide bonds. The van der Waals surface area contributed by atoms with Crippen LogP contribution in [0.2, 0.25) is 0 Å². The molecule has 3 heteroatoms. The van der Waals surface area contributed by atoms with Gasteiger partial charge in [0, 0.05) is 17.3 Å². The maximum absolute atomic E-state index is 12.1. The van der Waals surface area contributed by atoms with Gasteiger partial charge in [0.05, 0.1) is 0 Å². The normalized spacial score (nSPS) is 30.1. The van der Waals surface area contributed by atoms with Crippen molar-refractivity contribution >= 4 is 21.8 Å². The molecule has 0 aromatic heterocycles. The van der Waals surface area contributed by atoms with Crippen LogP contribution in [0.15, 0.2) is 0 Å². The molecule has 2 atom stereocenters. The molecule has 1 rings (SSSR count). The molecule has 1 saturated carbocycles. The number of nitrogens with one attached hydrogen (secondary N) is 1. The first-order valence-corrected chi connectivity index (χ1v) is 7.75. The van der Waals surface area contributed by atoms with E-state index in [9.17, 15) is 4.79 Å². The molecule has 1 aliphatic rings. The van der Waals surface area contributed by atoms with Crippen molar-refractivity contribution in [3.63, 3.8) is 0 Å². The van der Waals surface area contributed by atoms with Gasteiger partial charge in [0.2, 0.25) is 5.91 Å². The Morgan fingerprint density at radius 1 is 1.47 bits per heavy atom. The molecule has 2 nitrogen and oxygen atoms in total. The molecule has 1 fully saturated rings. The minimum absolute atomic E-state index is 0.000000000000000222. The number of hydrogen-bond donors (Lipinski definition) is 1. The molecule has 1 N–H and O–H groups in total. The molecule has 0 heterocycles. The van der Waals surface area contributed by atoms with E-state index in [1.807, 2.05) is 0 Å². The van der Waals surface area contributed by atoms with Gasteiger partial charge in [0.15, 0.2) is 0 Å². The quantitative estimate of drug-likeness (QED) is 0.788. The largest absolute Gasteiger partial charge is 0.350 e. The fourth-order valence-corrected chi connectivity index (χ4v) is 3.40. The van der Waals surface area contributed by atoms with Gasteiger partial charge >= 0.3 is 0 Å². The summed E-state index contributed by atoms with van der Waals surface area (Å²) in [6.07, 6.45) is 5.34. The third-order valence-corrected chi connectivity index (χ3v) is 4.52. The first-order chi connectivity index (χ1) is 7.76. The zero-order chi connectivity index (χ0) is 13.1. The van der Waals surface area contributed by atoms with Crippen LogP contribution in [0.3, 0.4) is 0 Å². The van der Waals surface area contributed by atoms with E-state index in [0.29, 0.717) is 6.42 Å². The summed E-state index contributed by atoms with van der Waals surface area (Å²) >= 11 is 3.59. The number of hydrogen-bond acceptors (Lipinski definition) is 1. The third-order valence-electron chi connectivity index (χ3n) is 3.44. The number of amides is 1. The molecular weight excluding hydrogens is 278 g/mol. The third kappa shape index (κ3) is 4.99. The molecule has 0 aromatic rings. The second kappa shape index (κ2) is 5.73. The second-order valence-corrected chi connectivity index (χ2v) is 7.46. The Morgan fingerprint density at radius 3 is 2.59 bits per heavy atom. The number of carbonyl (C=O) groups excluding carboxylic acids is 1. The van der Waals surface area contributed by atoms with Crippen molar-refractivity contribution in [1.82, 2.24) is 5.32 Å². The number of rotatable bonds is 3. The van der Waals surface area contributed by atoms with Crippen molar-refractivity contribution in [3.05, 3.63) is 0 Å². The van der Waals surface area contributed by atoms with Gasteiger partial charge in [-0.2, -0.15) is 0 Å². The summed E-state index contributed by atoms with van der Waals surface area (Å²) in [5.74, 6) is 0.919. The van der Waals surface area contributed by atoms with E-state index in [0.717, 1.165) is 24.1 Å². The van der Waals surface area contributed by atoms with Gasteiger partial charge in [0.1, 0.15) is 0 Å². The Kier molecular flexibility index (Phi) is 5.06. The van der Waals surface area contributed by atoms with E-state index >= 15 is 0 Å². The molecule has 0 radical (unpaired) electrons. The summed E-state index contributed by atoms with van der Waals surface area (Å²) in [6.45, 7) is 8.61. The fourth-order valence-electron chi connectivity index (χ4n) is 2.75. The number of carbonyl (C=O) groups is 1. The summed E-state index contributed by atoms with van der Waals surface area (Å²) < 4.78 is 0. The minimum atomic E-state index is 0.000000000000000222. The van der Waals surface area contributed by atoms with Gasteiger partial charge in [0.25, 0.3) is 0 Å². The SMILES string of the molecule is CC1CCCC(CBr)(NC(=O)CC(C)(C)C)C1. The average molecular weight is 304 g/mol. The summed E-state index contributed by atoms with van der Waals surface area (Å²) in [5.41, 5.74) is 0.0673. The molecule has 0 bridgehead atoms. The predicted octanol–water partition coefficient (Wildman–Crippen LogP) is 3.88. The summed E-state index contributed by atoms with van der Waals surface area (Å²) in [5, 5.41) is 4.16. The zero-order valence-electron chi connectivity index (χ0n) is 11.6. The van der Waals surface area contributed by atoms with E-state index in [4.69, 9.17) is 0 Å². The first kappa shape index (κ1) is 15.0. The molecule has 2 unspecified atom stereocenters. The van der Waals surface area contributed by atoms with Crippen LogP contribution in [0.4, 0.5) is 0 Å². The van der Waals surface area contributed by atoms with Crippen molar-refractivity contribution in [2.75, 3.05) is 5.33 Å². The Hall–Kier alpha value is -0.0500. The predicted molar refractivity (Wildman–Crippen MR) is 76.4 cm³/mol. The van der Waals surface area contributed by atoms with Crippen molar-refractivity contribution in [2.45, 2.75) is 65.3 Å². The Morgan fingerprint density at radius 2 is 2.12 bits per heavy atom. The smallest absolute Gasteiger partial charge is 0.220 e. The summed E-state index contributed by atoms with van der Waals surface area (Å²) in [7, 11) is 0. The highest BCUT2D eigenvalue weighted by molar-refractivity contribution is 9.09. The standard InChI is InChI=1S/C14H26BrNO/c1-11-6-5-7-14(8-11,10-15)16-12(17)9-13(2,3)4/h11H,5-10H2,1-4H3,(H,16,17). The second-order valence-electron chi connectivity index (χ2n) is 6.90. The molecule has 0 saturated heterocycles. The molecule has 0 aromatic carbocycles. The van der Waals surface area contributed by atoms with Crippen LogP contribution in [0, 0.1) is 11.3 Å². The van der Waals surface area contributed by atoms with Gasteiger partial charge < -0.3 is 5.32 Å². The molecule has 100 valence electrons. The van der Waals surface area contributed by atoms with Crippen molar-refractivity contribution in [2.24, 2.45) is 11.3 Å². The highest BCUT2D eigenvalue weighted by Gasteiger charge is 2.35. The van der Waals surface area contributed by atoms with Gasteiger partial charge in [-0.15, -0.1) is 0 Å². The maximum Gasteiger partial charge on any atom is 0.220 e. The summed E-state index contributed by atoms with van der Waals surface area (Å²) in [4.78, 5) is 12.1. The Labute approximate surface area is 114 Å². The van der Waals surface area contributed by atoms with Gasteiger partial charge in [-0.05, 0) is 24.2 Å². The molecule has 0 aliphatic heterocycles. The van der Waals surface area contributed by atoms with Crippen LogP contribution >= 0.6 is 15.9 Å². The number of halogens is 1. The van der Waals surface area contributed by atoms with Gasteiger partial charge in [-0.25, -0.2) is 0 Å². The molecular formula is C14H26BrNO. The van der Waals surface area contributed by atoms with Crippen LogP contribution < -0.4 is 5.32 Å². The molecule has 1 aliphatic carbocycles. The van der Waals surface area contributed by atoms with Crippen molar-refractivity contribution in [3.8, 4) is 0 Å². The minimum Gasteiger partial charge on any atom is -0.350 e. The Bertz CT molecular complexity index is 272. The van der Waals surface area contributed by atoms with E-state index in [1.54, 1.807) is 0 Å². The van der Waals surface area contributed by atoms with Gasteiger partial charge in [-0.1, -0.05) is 56.5 Å². The zero-order valence-corrected chi connectivity index (χ0v) is 13.2. The van der Waals surface area contributed by atoms with Crippen LogP contribution in [0.5, 0.6) is 0 Å². The van der Waals surface area contributed by atoms with E-state index < -0.39 is 0 Å². The maximum atomic E-state index is 12.1. The first-order valence-electron chi connectivity index (χ1n) is 6.63. The van der Waals surface area contributed by atoms with Crippen LogP contribution in [-0.4, -0.2) is 16.8 Å². The van der Waals surface area contributed by atoms with Crippen molar-refractivity contribution < 1.29 is 4.79 Å². The van der Waals surface area contributed by atoms with Gasteiger partial charge in [-0.3, -0.25) is 4.79 Å².